The van der Waals surface area contributed by atoms with E-state index < -0.39 is 17.6 Å². The van der Waals surface area contributed by atoms with Crippen molar-refractivity contribution in [1.29, 1.82) is 0 Å². The van der Waals surface area contributed by atoms with Crippen LogP contribution in [0.5, 0.6) is 5.75 Å². The summed E-state index contributed by atoms with van der Waals surface area (Å²) in [7, 11) is 0. The van der Waals surface area contributed by atoms with Gasteiger partial charge in [-0.25, -0.2) is 9.18 Å². The van der Waals surface area contributed by atoms with Gasteiger partial charge in [-0.15, -0.1) is 0 Å². The molecule has 126 valence electrons. The lowest BCUT2D eigenvalue weighted by molar-refractivity contribution is -0.138. The monoisotopic (exact) mass is 344 g/mol. The van der Waals surface area contributed by atoms with Crippen LogP contribution in [0.25, 0.3) is 0 Å². The minimum atomic E-state index is -0.858. The number of halogens is 2. The predicted molar refractivity (Wildman–Crippen MR) is 83.3 cm³/mol. The average Bonchev–Trinajstić information content (AvgIpc) is 2.51. The first-order chi connectivity index (χ1) is 11.0. The Hall–Kier alpha value is -2.08. The van der Waals surface area contributed by atoms with E-state index in [9.17, 15) is 14.0 Å². The maximum atomic E-state index is 13.7. The summed E-state index contributed by atoms with van der Waals surface area (Å²) in [6.07, 6.45) is 1.00. The normalized spacial score (nSPS) is 11.1. The number of rotatable bonds is 8. The Bertz CT molecular complexity index is 613. The van der Waals surface area contributed by atoms with Crippen LogP contribution in [0.1, 0.15) is 31.1 Å². The van der Waals surface area contributed by atoms with Gasteiger partial charge in [0.2, 0.25) is 5.78 Å². The van der Waals surface area contributed by atoms with Gasteiger partial charge in [-0.05, 0) is 26.8 Å². The number of hydrogen-bond donors (Lipinski definition) is 0. The van der Waals surface area contributed by atoms with Gasteiger partial charge in [-0.1, -0.05) is 11.6 Å². The van der Waals surface area contributed by atoms with Crippen molar-refractivity contribution in [2.45, 2.75) is 20.8 Å². The largest absolute Gasteiger partial charge is 0.500 e. The lowest BCUT2D eigenvalue weighted by Gasteiger charge is -2.12. The molecule has 0 spiro atoms. The quantitative estimate of drug-likeness (QED) is 0.180. The molecular formula is C16H18ClFO5. The first-order valence-electron chi connectivity index (χ1n) is 7.11. The van der Waals surface area contributed by atoms with Crippen LogP contribution in [0.15, 0.2) is 24.0 Å². The molecule has 0 aliphatic carbocycles. The zero-order valence-corrected chi connectivity index (χ0v) is 13.9. The van der Waals surface area contributed by atoms with E-state index in [1.807, 2.05) is 0 Å². The molecule has 0 aliphatic heterocycles. The highest BCUT2D eigenvalue weighted by atomic mass is 35.5. The fraction of sp³-hybridized carbons (Fsp3) is 0.375. The molecule has 1 aromatic carbocycles. The molecule has 0 aromatic heterocycles. The van der Waals surface area contributed by atoms with E-state index in [2.05, 4.69) is 0 Å². The van der Waals surface area contributed by atoms with E-state index in [4.69, 9.17) is 25.8 Å². The summed E-state index contributed by atoms with van der Waals surface area (Å²) in [4.78, 5) is 24.5. The molecule has 1 rings (SSSR count). The number of ether oxygens (including phenoxy) is 3. The lowest BCUT2D eigenvalue weighted by Crippen LogP contribution is -2.18. The van der Waals surface area contributed by atoms with Gasteiger partial charge in [0.25, 0.3) is 0 Å². The van der Waals surface area contributed by atoms with Gasteiger partial charge in [0.05, 0.1) is 30.4 Å². The van der Waals surface area contributed by atoms with Crippen LogP contribution in [-0.2, 0) is 14.3 Å². The van der Waals surface area contributed by atoms with Crippen LogP contribution in [0, 0.1) is 5.82 Å². The molecule has 0 atom stereocenters. The van der Waals surface area contributed by atoms with Gasteiger partial charge in [0.15, 0.2) is 0 Å². The van der Waals surface area contributed by atoms with Crippen molar-refractivity contribution < 1.29 is 28.2 Å². The molecule has 0 saturated carbocycles. The molecule has 0 aliphatic rings. The Kier molecular flexibility index (Phi) is 7.54. The summed E-state index contributed by atoms with van der Waals surface area (Å²) in [6, 6.07) is 2.12. The second-order valence-corrected chi connectivity index (χ2v) is 4.64. The van der Waals surface area contributed by atoms with E-state index in [1.165, 1.54) is 6.07 Å². The van der Waals surface area contributed by atoms with Crippen molar-refractivity contribution in [1.82, 2.24) is 0 Å². The molecule has 0 unspecified atom stereocenters. The molecule has 0 bridgehead atoms. The number of esters is 1. The highest BCUT2D eigenvalue weighted by molar-refractivity contribution is 6.31. The fourth-order valence-corrected chi connectivity index (χ4v) is 1.85. The fourth-order valence-electron chi connectivity index (χ4n) is 1.70. The SMILES string of the molecule is CCOC=C(C(=O)OCC)C(=O)c1cc(F)c(Cl)cc1OCC. The van der Waals surface area contributed by atoms with Gasteiger partial charge in [0.1, 0.15) is 23.4 Å². The molecule has 0 saturated heterocycles. The van der Waals surface area contributed by atoms with Crippen molar-refractivity contribution in [2.24, 2.45) is 0 Å². The summed E-state index contributed by atoms with van der Waals surface area (Å²) in [5, 5.41) is -0.184. The van der Waals surface area contributed by atoms with E-state index in [0.29, 0.717) is 0 Å². The third kappa shape index (κ3) is 4.96. The third-order valence-corrected chi connectivity index (χ3v) is 2.96. The molecule has 0 N–H and O–H groups in total. The van der Waals surface area contributed by atoms with Gasteiger partial charge in [0, 0.05) is 6.07 Å². The Balaban J connectivity index is 3.32. The van der Waals surface area contributed by atoms with Crippen LogP contribution >= 0.6 is 11.6 Å². The summed E-state index contributed by atoms with van der Waals surface area (Å²) in [5.41, 5.74) is -0.482. The topological polar surface area (TPSA) is 61.8 Å². The molecule has 5 nitrogen and oxygen atoms in total. The number of carbonyl (C=O) groups is 2. The van der Waals surface area contributed by atoms with E-state index in [0.717, 1.165) is 12.3 Å². The minimum absolute atomic E-state index is 0.0793. The maximum absolute atomic E-state index is 13.7. The van der Waals surface area contributed by atoms with Crippen molar-refractivity contribution in [2.75, 3.05) is 19.8 Å². The average molecular weight is 345 g/mol. The van der Waals surface area contributed by atoms with Crippen molar-refractivity contribution in [3.63, 3.8) is 0 Å². The molecule has 0 amide bonds. The Morgan fingerprint density at radius 3 is 2.43 bits per heavy atom. The molecule has 7 heteroatoms. The summed E-state index contributed by atoms with van der Waals surface area (Å²) in [5.74, 6) is -2.34. The Morgan fingerprint density at radius 1 is 1.17 bits per heavy atom. The van der Waals surface area contributed by atoms with Gasteiger partial charge < -0.3 is 14.2 Å². The van der Waals surface area contributed by atoms with Gasteiger partial charge in [-0.3, -0.25) is 4.79 Å². The summed E-state index contributed by atoms with van der Waals surface area (Å²) >= 11 is 5.70. The van der Waals surface area contributed by atoms with Crippen LogP contribution in [0.4, 0.5) is 4.39 Å². The van der Waals surface area contributed by atoms with E-state index in [-0.39, 0.29) is 41.7 Å². The van der Waals surface area contributed by atoms with Crippen molar-refractivity contribution >= 4 is 23.4 Å². The third-order valence-electron chi connectivity index (χ3n) is 2.67. The molecule has 0 fully saturated rings. The highest BCUT2D eigenvalue weighted by Crippen LogP contribution is 2.28. The van der Waals surface area contributed by atoms with Crippen molar-refractivity contribution in [3.05, 3.63) is 40.4 Å². The zero-order valence-electron chi connectivity index (χ0n) is 13.2. The van der Waals surface area contributed by atoms with Gasteiger partial charge >= 0.3 is 5.97 Å². The van der Waals surface area contributed by atoms with Crippen LogP contribution < -0.4 is 4.74 Å². The first-order valence-corrected chi connectivity index (χ1v) is 7.49. The minimum Gasteiger partial charge on any atom is -0.500 e. The first kappa shape index (κ1) is 19.0. The maximum Gasteiger partial charge on any atom is 0.345 e. The van der Waals surface area contributed by atoms with E-state index >= 15 is 0 Å². The second-order valence-electron chi connectivity index (χ2n) is 4.23. The molecule has 0 radical (unpaired) electrons. The van der Waals surface area contributed by atoms with Crippen LogP contribution in [0.3, 0.4) is 0 Å². The summed E-state index contributed by atoms with van der Waals surface area (Å²) in [6.45, 7) is 5.58. The van der Waals surface area contributed by atoms with E-state index in [1.54, 1.807) is 20.8 Å². The number of ketones is 1. The number of carbonyl (C=O) groups excluding carboxylic acids is 2. The van der Waals surface area contributed by atoms with Crippen LogP contribution in [-0.4, -0.2) is 31.6 Å². The standard InChI is InChI=1S/C16H18ClFO5/c1-4-21-9-11(16(20)23-6-3)15(19)10-7-13(18)12(17)8-14(10)22-5-2/h7-9H,4-6H2,1-3H3. The second kappa shape index (κ2) is 9.15. The van der Waals surface area contributed by atoms with Crippen molar-refractivity contribution in [3.8, 4) is 5.75 Å². The molecule has 0 heterocycles. The Morgan fingerprint density at radius 2 is 1.87 bits per heavy atom. The molecule has 1 aromatic rings. The number of Topliss-reactive ketones (excluding diaryl/α,β-unsaturated/α-hetero) is 1. The molecule has 23 heavy (non-hydrogen) atoms. The predicted octanol–water partition coefficient (Wildman–Crippen LogP) is 3.54. The summed E-state index contributed by atoms with van der Waals surface area (Å²) < 4.78 is 28.9. The zero-order chi connectivity index (χ0) is 17.4. The smallest absolute Gasteiger partial charge is 0.345 e. The Labute approximate surface area is 139 Å². The highest BCUT2D eigenvalue weighted by Gasteiger charge is 2.26. The van der Waals surface area contributed by atoms with Gasteiger partial charge in [-0.2, -0.15) is 0 Å². The number of benzene rings is 1. The number of hydrogen-bond acceptors (Lipinski definition) is 5. The lowest BCUT2D eigenvalue weighted by atomic mass is 10.0. The molecular weight excluding hydrogens is 327 g/mol. The van der Waals surface area contributed by atoms with Crippen LogP contribution in [0.2, 0.25) is 5.02 Å².